The summed E-state index contributed by atoms with van der Waals surface area (Å²) in [5, 5.41) is 0. The summed E-state index contributed by atoms with van der Waals surface area (Å²) in [5.41, 5.74) is 1.29. The molecule has 0 spiro atoms. The standard InChI is InChI=1S/C11H14O2/c1-11-6-3-4-8(11)10(13-2)9(12)5-7-11/h5,7H,3-4,6H2,1-2H3. The van der Waals surface area contributed by atoms with Crippen LogP contribution in [0.1, 0.15) is 26.2 Å². The van der Waals surface area contributed by atoms with E-state index in [1.54, 1.807) is 13.2 Å². The molecule has 0 radical (unpaired) electrons. The number of methoxy groups -OCH3 is 1. The van der Waals surface area contributed by atoms with E-state index in [9.17, 15) is 4.79 Å². The first-order valence-electron chi connectivity index (χ1n) is 4.68. The molecule has 70 valence electrons. The number of allylic oxidation sites excluding steroid dienone is 3. The fourth-order valence-corrected chi connectivity index (χ4v) is 2.33. The van der Waals surface area contributed by atoms with Crippen molar-refractivity contribution in [1.82, 2.24) is 0 Å². The molecular weight excluding hydrogens is 164 g/mol. The molecule has 2 aliphatic rings. The number of hydrogen-bond acceptors (Lipinski definition) is 2. The molecule has 2 heteroatoms. The van der Waals surface area contributed by atoms with Gasteiger partial charge in [0.05, 0.1) is 7.11 Å². The van der Waals surface area contributed by atoms with Crippen LogP contribution >= 0.6 is 0 Å². The average molecular weight is 178 g/mol. The molecule has 0 aromatic rings. The normalized spacial score (nSPS) is 32.3. The summed E-state index contributed by atoms with van der Waals surface area (Å²) >= 11 is 0. The lowest BCUT2D eigenvalue weighted by Gasteiger charge is -2.26. The van der Waals surface area contributed by atoms with Gasteiger partial charge in [-0.25, -0.2) is 0 Å². The lowest BCUT2D eigenvalue weighted by Crippen LogP contribution is -2.20. The molecule has 0 heterocycles. The maximum Gasteiger partial charge on any atom is 0.220 e. The molecule has 1 saturated carbocycles. The van der Waals surface area contributed by atoms with E-state index in [1.165, 1.54) is 5.57 Å². The summed E-state index contributed by atoms with van der Waals surface area (Å²) < 4.78 is 5.16. The fourth-order valence-electron chi connectivity index (χ4n) is 2.33. The van der Waals surface area contributed by atoms with Crippen molar-refractivity contribution in [3.05, 3.63) is 23.5 Å². The highest BCUT2D eigenvalue weighted by molar-refractivity contribution is 6.04. The Balaban J connectivity index is 2.49. The van der Waals surface area contributed by atoms with Crippen LogP contribution in [0.3, 0.4) is 0 Å². The third-order valence-corrected chi connectivity index (χ3v) is 3.12. The molecule has 1 unspecified atom stereocenters. The van der Waals surface area contributed by atoms with Crippen LogP contribution in [0.5, 0.6) is 0 Å². The molecule has 2 aliphatic carbocycles. The Labute approximate surface area is 78.3 Å². The molecule has 0 N–H and O–H groups in total. The molecule has 1 fully saturated rings. The first kappa shape index (κ1) is 8.54. The third kappa shape index (κ3) is 1.12. The minimum atomic E-state index is 0.0249. The number of carbonyl (C=O) groups is 1. The van der Waals surface area contributed by atoms with E-state index in [4.69, 9.17) is 4.74 Å². The zero-order valence-corrected chi connectivity index (χ0v) is 8.09. The Hall–Kier alpha value is -1.05. The van der Waals surface area contributed by atoms with E-state index in [1.807, 2.05) is 6.08 Å². The summed E-state index contributed by atoms with van der Waals surface area (Å²) in [6.45, 7) is 2.18. The van der Waals surface area contributed by atoms with Crippen LogP contribution in [-0.2, 0) is 9.53 Å². The van der Waals surface area contributed by atoms with Crippen molar-refractivity contribution in [1.29, 1.82) is 0 Å². The lowest BCUT2D eigenvalue weighted by molar-refractivity contribution is -0.114. The van der Waals surface area contributed by atoms with Gasteiger partial charge in [0.1, 0.15) is 0 Å². The van der Waals surface area contributed by atoms with Gasteiger partial charge in [0.15, 0.2) is 5.76 Å². The number of ether oxygens (including phenoxy) is 1. The van der Waals surface area contributed by atoms with Gasteiger partial charge < -0.3 is 4.74 Å². The first-order valence-corrected chi connectivity index (χ1v) is 4.68. The number of rotatable bonds is 1. The van der Waals surface area contributed by atoms with Gasteiger partial charge >= 0.3 is 0 Å². The maximum atomic E-state index is 11.4. The Morgan fingerprint density at radius 3 is 3.00 bits per heavy atom. The molecule has 2 nitrogen and oxygen atoms in total. The Bertz CT molecular complexity index is 312. The molecule has 2 rings (SSSR count). The zero-order chi connectivity index (χ0) is 9.47. The van der Waals surface area contributed by atoms with Gasteiger partial charge in [0.25, 0.3) is 0 Å². The van der Waals surface area contributed by atoms with Crippen LogP contribution in [-0.4, -0.2) is 12.9 Å². The molecule has 0 saturated heterocycles. The molecule has 13 heavy (non-hydrogen) atoms. The fraction of sp³-hybridized carbons (Fsp3) is 0.545. The van der Waals surface area contributed by atoms with Gasteiger partial charge in [-0.2, -0.15) is 0 Å². The zero-order valence-electron chi connectivity index (χ0n) is 8.09. The quantitative estimate of drug-likeness (QED) is 0.615. The van der Waals surface area contributed by atoms with Crippen molar-refractivity contribution < 1.29 is 9.53 Å². The van der Waals surface area contributed by atoms with Crippen LogP contribution in [0.15, 0.2) is 23.5 Å². The SMILES string of the molecule is COC1=C2CCCC2(C)C=CC1=O. The molecule has 0 aromatic heterocycles. The van der Waals surface area contributed by atoms with Crippen molar-refractivity contribution in [3.63, 3.8) is 0 Å². The Morgan fingerprint density at radius 2 is 2.31 bits per heavy atom. The van der Waals surface area contributed by atoms with Crippen LogP contribution in [0.2, 0.25) is 0 Å². The summed E-state index contributed by atoms with van der Waals surface area (Å²) in [4.78, 5) is 11.4. The Kier molecular flexibility index (Phi) is 1.79. The van der Waals surface area contributed by atoms with E-state index in [2.05, 4.69) is 6.92 Å². The van der Waals surface area contributed by atoms with Crippen molar-refractivity contribution in [2.75, 3.05) is 7.11 Å². The van der Waals surface area contributed by atoms with Crippen LogP contribution < -0.4 is 0 Å². The third-order valence-electron chi connectivity index (χ3n) is 3.12. The molecule has 0 aromatic carbocycles. The van der Waals surface area contributed by atoms with Crippen molar-refractivity contribution in [2.24, 2.45) is 5.41 Å². The van der Waals surface area contributed by atoms with E-state index in [0.29, 0.717) is 5.76 Å². The van der Waals surface area contributed by atoms with E-state index in [-0.39, 0.29) is 11.2 Å². The summed E-state index contributed by atoms with van der Waals surface area (Å²) in [5.74, 6) is 0.611. The van der Waals surface area contributed by atoms with Crippen molar-refractivity contribution in [2.45, 2.75) is 26.2 Å². The van der Waals surface area contributed by atoms with Gasteiger partial charge in [0, 0.05) is 5.41 Å². The number of fused-ring (bicyclic) bond motifs is 1. The number of ketones is 1. The second-order valence-electron chi connectivity index (χ2n) is 3.98. The van der Waals surface area contributed by atoms with Gasteiger partial charge in [-0.05, 0) is 30.9 Å². The number of hydrogen-bond donors (Lipinski definition) is 0. The van der Waals surface area contributed by atoms with Crippen LogP contribution in [0, 0.1) is 5.41 Å². The highest BCUT2D eigenvalue weighted by Gasteiger charge is 2.38. The highest BCUT2D eigenvalue weighted by atomic mass is 16.5. The van der Waals surface area contributed by atoms with Gasteiger partial charge in [0.2, 0.25) is 5.78 Å². The van der Waals surface area contributed by atoms with Crippen molar-refractivity contribution in [3.8, 4) is 0 Å². The van der Waals surface area contributed by atoms with Crippen LogP contribution in [0.4, 0.5) is 0 Å². The van der Waals surface area contributed by atoms with Gasteiger partial charge in [-0.1, -0.05) is 13.0 Å². The molecule has 0 amide bonds. The second kappa shape index (κ2) is 2.72. The minimum Gasteiger partial charge on any atom is -0.493 e. The number of carbonyl (C=O) groups excluding carboxylic acids is 1. The van der Waals surface area contributed by atoms with Crippen LogP contribution in [0.25, 0.3) is 0 Å². The smallest absolute Gasteiger partial charge is 0.220 e. The summed E-state index contributed by atoms with van der Waals surface area (Å²) in [6, 6.07) is 0. The van der Waals surface area contributed by atoms with E-state index < -0.39 is 0 Å². The maximum absolute atomic E-state index is 11.4. The molecular formula is C11H14O2. The molecule has 0 aliphatic heterocycles. The van der Waals surface area contributed by atoms with E-state index in [0.717, 1.165) is 19.3 Å². The largest absolute Gasteiger partial charge is 0.493 e. The van der Waals surface area contributed by atoms with E-state index >= 15 is 0 Å². The Morgan fingerprint density at radius 1 is 1.54 bits per heavy atom. The predicted molar refractivity (Wildman–Crippen MR) is 50.1 cm³/mol. The topological polar surface area (TPSA) is 26.3 Å². The minimum absolute atomic E-state index is 0.0249. The first-order chi connectivity index (χ1) is 6.17. The van der Waals surface area contributed by atoms with Crippen molar-refractivity contribution >= 4 is 5.78 Å². The van der Waals surface area contributed by atoms with Gasteiger partial charge in [-0.15, -0.1) is 0 Å². The monoisotopic (exact) mass is 178 g/mol. The lowest BCUT2D eigenvalue weighted by atomic mass is 9.80. The highest BCUT2D eigenvalue weighted by Crippen LogP contribution is 2.47. The second-order valence-corrected chi connectivity index (χ2v) is 3.98. The summed E-state index contributed by atoms with van der Waals surface area (Å²) in [6.07, 6.45) is 6.98. The average Bonchev–Trinajstić information content (AvgIpc) is 2.48. The summed E-state index contributed by atoms with van der Waals surface area (Å²) in [7, 11) is 1.58. The molecule has 0 bridgehead atoms. The predicted octanol–water partition coefficient (Wildman–Crippen LogP) is 2.22. The van der Waals surface area contributed by atoms with Gasteiger partial charge in [-0.3, -0.25) is 4.79 Å². The molecule has 1 atom stereocenters.